The van der Waals surface area contributed by atoms with E-state index in [-0.39, 0.29) is 17.1 Å². The van der Waals surface area contributed by atoms with Crippen molar-refractivity contribution in [1.82, 2.24) is 0 Å². The first kappa shape index (κ1) is 14.2. The molecule has 0 heterocycles. The van der Waals surface area contributed by atoms with E-state index >= 15 is 0 Å². The molecule has 0 fully saturated rings. The highest BCUT2D eigenvalue weighted by atomic mass is 32.2. The van der Waals surface area contributed by atoms with Crippen LogP contribution < -0.4 is 0 Å². The molecule has 0 spiro atoms. The van der Waals surface area contributed by atoms with Gasteiger partial charge in [0, 0.05) is 6.42 Å². The topological polar surface area (TPSA) is 71.4 Å². The molecule has 1 aromatic carbocycles. The minimum atomic E-state index is -3.64. The monoisotopic (exact) mass is 270 g/mol. The summed E-state index contributed by atoms with van der Waals surface area (Å²) in [5, 5.41) is 8.71. The van der Waals surface area contributed by atoms with Gasteiger partial charge in [-0.3, -0.25) is 0 Å². The van der Waals surface area contributed by atoms with E-state index in [0.29, 0.717) is 0 Å². The highest BCUT2D eigenvalue weighted by molar-refractivity contribution is 7.91. The lowest BCUT2D eigenvalue weighted by molar-refractivity contribution is 0.0691. The van der Waals surface area contributed by atoms with Crippen LogP contribution in [0.5, 0.6) is 0 Å². The molecule has 0 amide bonds. The van der Waals surface area contributed by atoms with E-state index in [1.54, 1.807) is 6.92 Å². The lowest BCUT2D eigenvalue weighted by Crippen LogP contribution is -2.09. The zero-order chi connectivity index (χ0) is 13.8. The van der Waals surface area contributed by atoms with Crippen LogP contribution in [0.3, 0.4) is 0 Å². The Balaban J connectivity index is 3.12. The average Bonchev–Trinajstić information content (AvgIpc) is 2.29. The third kappa shape index (κ3) is 3.31. The Labute approximate surface area is 104 Å². The summed E-state index contributed by atoms with van der Waals surface area (Å²) in [6, 6.07) is 2.71. The fourth-order valence-electron chi connectivity index (χ4n) is 1.29. The summed E-state index contributed by atoms with van der Waals surface area (Å²) in [5.74, 6) is 2.48. The second-order valence-electron chi connectivity index (χ2n) is 3.44. The molecule has 96 valence electrons. The van der Waals surface area contributed by atoms with Gasteiger partial charge in [0.2, 0.25) is 0 Å². The Kier molecular flexibility index (Phi) is 4.45. The molecule has 0 aromatic heterocycles. The van der Waals surface area contributed by atoms with Gasteiger partial charge in [-0.15, -0.1) is 11.8 Å². The lowest BCUT2D eigenvalue weighted by atomic mass is 10.2. The first-order chi connectivity index (χ1) is 8.38. The highest BCUT2D eigenvalue weighted by Gasteiger charge is 2.18. The molecular formula is C12H11FO4S. The predicted molar refractivity (Wildman–Crippen MR) is 63.5 cm³/mol. The maximum atomic E-state index is 13.1. The van der Waals surface area contributed by atoms with E-state index in [4.69, 9.17) is 5.11 Å². The molecule has 6 heteroatoms. The minimum Gasteiger partial charge on any atom is -0.478 e. The van der Waals surface area contributed by atoms with Crippen LogP contribution in [0.1, 0.15) is 23.7 Å². The Bertz CT molecular complexity index is 623. The number of hydrogen-bond donors (Lipinski definition) is 1. The van der Waals surface area contributed by atoms with E-state index in [2.05, 4.69) is 11.8 Å². The summed E-state index contributed by atoms with van der Waals surface area (Å²) in [4.78, 5) is 10.5. The third-order valence-electron chi connectivity index (χ3n) is 2.20. The first-order valence-electron chi connectivity index (χ1n) is 5.03. The number of carboxylic acid groups (broad SMARTS) is 1. The van der Waals surface area contributed by atoms with E-state index < -0.39 is 27.2 Å². The van der Waals surface area contributed by atoms with E-state index in [1.165, 1.54) is 0 Å². The Morgan fingerprint density at radius 2 is 2.11 bits per heavy atom. The lowest BCUT2D eigenvalue weighted by Gasteiger charge is -2.04. The fraction of sp³-hybridized carbons (Fsp3) is 0.250. The van der Waals surface area contributed by atoms with Crippen LogP contribution in [0.15, 0.2) is 23.1 Å². The Hall–Kier alpha value is -1.87. The van der Waals surface area contributed by atoms with E-state index in [9.17, 15) is 17.6 Å². The van der Waals surface area contributed by atoms with E-state index in [0.717, 1.165) is 18.2 Å². The molecule has 18 heavy (non-hydrogen) atoms. The zero-order valence-corrected chi connectivity index (χ0v) is 10.4. The van der Waals surface area contributed by atoms with Gasteiger partial charge in [0.15, 0.2) is 9.84 Å². The van der Waals surface area contributed by atoms with Crippen molar-refractivity contribution >= 4 is 15.8 Å². The summed E-state index contributed by atoms with van der Waals surface area (Å²) in [5.41, 5.74) is -0.655. The SMILES string of the molecule is CC#CCCS(=O)(=O)c1ccc(F)c(C(=O)O)c1. The third-order valence-corrected chi connectivity index (χ3v) is 3.91. The van der Waals surface area contributed by atoms with Gasteiger partial charge in [0.05, 0.1) is 16.2 Å². The quantitative estimate of drug-likeness (QED) is 0.668. The van der Waals surface area contributed by atoms with Gasteiger partial charge in [-0.1, -0.05) is 0 Å². The van der Waals surface area contributed by atoms with Crippen LogP contribution in [0.2, 0.25) is 0 Å². The Morgan fingerprint density at radius 3 is 2.67 bits per heavy atom. The summed E-state index contributed by atoms with van der Waals surface area (Å²) in [6.45, 7) is 1.59. The maximum Gasteiger partial charge on any atom is 0.338 e. The molecule has 1 aromatic rings. The predicted octanol–water partition coefficient (Wildman–Crippen LogP) is 1.71. The summed E-state index contributed by atoms with van der Waals surface area (Å²) < 4.78 is 36.7. The Morgan fingerprint density at radius 1 is 1.44 bits per heavy atom. The molecule has 0 unspecified atom stereocenters. The van der Waals surface area contributed by atoms with Crippen molar-refractivity contribution in [2.24, 2.45) is 0 Å². The van der Waals surface area contributed by atoms with Crippen molar-refractivity contribution in [2.45, 2.75) is 18.2 Å². The second kappa shape index (κ2) is 5.65. The van der Waals surface area contributed by atoms with Crippen LogP contribution >= 0.6 is 0 Å². The highest BCUT2D eigenvalue weighted by Crippen LogP contribution is 2.17. The van der Waals surface area contributed by atoms with Crippen molar-refractivity contribution in [1.29, 1.82) is 0 Å². The number of rotatable bonds is 4. The van der Waals surface area contributed by atoms with Gasteiger partial charge < -0.3 is 5.11 Å². The van der Waals surface area contributed by atoms with Crippen LogP contribution in [0.4, 0.5) is 4.39 Å². The molecular weight excluding hydrogens is 259 g/mol. The number of sulfone groups is 1. The van der Waals surface area contributed by atoms with Gasteiger partial charge in [-0.25, -0.2) is 17.6 Å². The number of benzene rings is 1. The van der Waals surface area contributed by atoms with Crippen LogP contribution in [0.25, 0.3) is 0 Å². The molecule has 1 rings (SSSR count). The zero-order valence-electron chi connectivity index (χ0n) is 9.60. The van der Waals surface area contributed by atoms with Crippen LogP contribution in [-0.2, 0) is 9.84 Å². The van der Waals surface area contributed by atoms with Crippen LogP contribution in [0, 0.1) is 17.7 Å². The number of carbonyl (C=O) groups is 1. The largest absolute Gasteiger partial charge is 0.478 e. The van der Waals surface area contributed by atoms with Gasteiger partial charge in [0.1, 0.15) is 5.82 Å². The number of hydrogen-bond acceptors (Lipinski definition) is 3. The summed E-state index contributed by atoms with van der Waals surface area (Å²) in [6.07, 6.45) is 0.151. The molecule has 0 aliphatic rings. The number of aromatic carboxylic acids is 1. The standard InChI is InChI=1S/C12H11FO4S/c1-2-3-4-7-18(16,17)9-5-6-11(13)10(8-9)12(14)15/h5-6,8H,4,7H2,1H3,(H,14,15). The van der Waals surface area contributed by atoms with Crippen molar-refractivity contribution in [3.8, 4) is 11.8 Å². The summed E-state index contributed by atoms with van der Waals surface area (Å²) >= 11 is 0. The van der Waals surface area contributed by atoms with Crippen molar-refractivity contribution < 1.29 is 22.7 Å². The minimum absolute atomic E-state index is 0.151. The molecule has 0 aliphatic carbocycles. The molecule has 0 saturated heterocycles. The van der Waals surface area contributed by atoms with Crippen molar-refractivity contribution in [3.63, 3.8) is 0 Å². The summed E-state index contributed by atoms with van der Waals surface area (Å²) in [7, 11) is -3.64. The number of halogens is 1. The normalized spacial score (nSPS) is 10.6. The molecule has 4 nitrogen and oxygen atoms in total. The molecule has 0 aliphatic heterocycles. The molecule has 0 saturated carbocycles. The van der Waals surface area contributed by atoms with Gasteiger partial charge in [0.25, 0.3) is 0 Å². The smallest absolute Gasteiger partial charge is 0.338 e. The number of carboxylic acids is 1. The first-order valence-corrected chi connectivity index (χ1v) is 6.69. The molecule has 1 N–H and O–H groups in total. The molecule has 0 atom stereocenters. The second-order valence-corrected chi connectivity index (χ2v) is 5.55. The molecule has 0 bridgehead atoms. The average molecular weight is 270 g/mol. The van der Waals surface area contributed by atoms with E-state index in [1.807, 2.05) is 0 Å². The van der Waals surface area contributed by atoms with Gasteiger partial charge in [-0.05, 0) is 25.1 Å². The van der Waals surface area contributed by atoms with Gasteiger partial charge >= 0.3 is 5.97 Å². The fourth-order valence-corrected chi connectivity index (χ4v) is 2.47. The maximum absolute atomic E-state index is 13.1. The van der Waals surface area contributed by atoms with Crippen molar-refractivity contribution in [3.05, 3.63) is 29.6 Å². The van der Waals surface area contributed by atoms with Crippen LogP contribution in [-0.4, -0.2) is 25.2 Å². The molecule has 0 radical (unpaired) electrons. The van der Waals surface area contributed by atoms with Gasteiger partial charge in [-0.2, -0.15) is 0 Å². The van der Waals surface area contributed by atoms with Crippen molar-refractivity contribution in [2.75, 3.05) is 5.75 Å².